The molecule has 0 heterocycles. The number of quaternary nitrogens is 1. The minimum atomic E-state index is 0.0308. The molecule has 0 radical (unpaired) electrons. The zero-order valence-corrected chi connectivity index (χ0v) is 13.6. The van der Waals surface area contributed by atoms with Crippen molar-refractivity contribution in [2.75, 3.05) is 20.6 Å². The number of aromatic hydroxyl groups is 1. The number of nitrogens with one attached hydrogen (secondary N) is 1. The van der Waals surface area contributed by atoms with E-state index in [4.69, 9.17) is 0 Å². The number of likely N-dealkylation sites (N-methyl/N-ethyl adjacent to an activating group) is 2. The van der Waals surface area contributed by atoms with Gasteiger partial charge in [-0.1, -0.05) is 13.0 Å². The molecule has 1 aliphatic carbocycles. The van der Waals surface area contributed by atoms with Gasteiger partial charge >= 0.3 is 0 Å². The topological polar surface area (TPSA) is 45.0 Å². The number of hydrogen-bond donors (Lipinski definition) is 2. The van der Waals surface area contributed by atoms with E-state index >= 15 is 0 Å². The third-order valence-corrected chi connectivity index (χ3v) is 4.76. The summed E-state index contributed by atoms with van der Waals surface area (Å²) in [4.78, 5) is 16.0. The zero-order valence-electron chi connectivity index (χ0n) is 13.6. The van der Waals surface area contributed by atoms with Crippen molar-refractivity contribution >= 4 is 5.91 Å². The molecular formula is C18H27N2O2+. The molecule has 0 aromatic heterocycles. The Bertz CT molecular complexity index is 512. The predicted octanol–water partition coefficient (Wildman–Crippen LogP) is 1.48. The van der Waals surface area contributed by atoms with Crippen LogP contribution in [0.4, 0.5) is 0 Å². The summed E-state index contributed by atoms with van der Waals surface area (Å²) in [5.41, 5.74) is 0.631. The van der Waals surface area contributed by atoms with Crippen molar-refractivity contribution in [1.82, 2.24) is 4.90 Å². The molecule has 3 atom stereocenters. The lowest BCUT2D eigenvalue weighted by molar-refractivity contribution is -0.903. The fourth-order valence-electron chi connectivity index (χ4n) is 3.49. The second-order valence-electron chi connectivity index (χ2n) is 6.26. The fourth-order valence-corrected chi connectivity index (χ4v) is 3.49. The second-order valence-corrected chi connectivity index (χ2v) is 6.26. The van der Waals surface area contributed by atoms with Gasteiger partial charge in [-0.05, 0) is 43.2 Å². The van der Waals surface area contributed by atoms with Gasteiger partial charge in [0.15, 0.2) is 0 Å². The number of hydrogen-bond acceptors (Lipinski definition) is 2. The molecular weight excluding hydrogens is 276 g/mol. The Morgan fingerprint density at radius 1 is 1.36 bits per heavy atom. The SMILES string of the molecule is C=CC[NH+](C)C1CCCCC1N(C)C(=O)c1ccc(O)cc1. The van der Waals surface area contributed by atoms with Gasteiger partial charge in [0.2, 0.25) is 0 Å². The monoisotopic (exact) mass is 303 g/mol. The van der Waals surface area contributed by atoms with Crippen LogP contribution in [-0.4, -0.2) is 48.6 Å². The summed E-state index contributed by atoms with van der Waals surface area (Å²) < 4.78 is 0. The second kappa shape index (κ2) is 7.45. The van der Waals surface area contributed by atoms with Crippen LogP contribution in [0.15, 0.2) is 36.9 Å². The first kappa shape index (κ1) is 16.6. The van der Waals surface area contributed by atoms with Crippen LogP contribution in [0.3, 0.4) is 0 Å². The molecule has 0 bridgehead atoms. The van der Waals surface area contributed by atoms with Gasteiger partial charge in [0.05, 0.1) is 19.6 Å². The van der Waals surface area contributed by atoms with Crippen LogP contribution in [-0.2, 0) is 0 Å². The van der Waals surface area contributed by atoms with E-state index in [1.54, 1.807) is 24.3 Å². The van der Waals surface area contributed by atoms with Gasteiger partial charge in [0, 0.05) is 19.0 Å². The smallest absolute Gasteiger partial charge is 0.254 e. The lowest BCUT2D eigenvalue weighted by Gasteiger charge is -2.39. The molecule has 4 nitrogen and oxygen atoms in total. The molecule has 1 aromatic carbocycles. The summed E-state index contributed by atoms with van der Waals surface area (Å²) >= 11 is 0. The summed E-state index contributed by atoms with van der Waals surface area (Å²) in [6.45, 7) is 4.75. The molecule has 1 aromatic rings. The van der Waals surface area contributed by atoms with Crippen molar-refractivity contribution in [3.8, 4) is 5.75 Å². The minimum Gasteiger partial charge on any atom is -0.508 e. The van der Waals surface area contributed by atoms with Gasteiger partial charge in [-0.2, -0.15) is 0 Å². The molecule has 2 rings (SSSR count). The van der Waals surface area contributed by atoms with Crippen molar-refractivity contribution in [1.29, 1.82) is 0 Å². The molecule has 1 aliphatic rings. The largest absolute Gasteiger partial charge is 0.508 e. The average molecular weight is 303 g/mol. The number of carbonyl (C=O) groups is 1. The lowest BCUT2D eigenvalue weighted by Crippen LogP contribution is -3.14. The van der Waals surface area contributed by atoms with E-state index in [-0.39, 0.29) is 17.7 Å². The third kappa shape index (κ3) is 3.69. The van der Waals surface area contributed by atoms with Crippen LogP contribution in [0.1, 0.15) is 36.0 Å². The molecule has 0 saturated heterocycles. The highest BCUT2D eigenvalue weighted by molar-refractivity contribution is 5.94. The minimum absolute atomic E-state index is 0.0308. The van der Waals surface area contributed by atoms with Crippen LogP contribution in [0.25, 0.3) is 0 Å². The van der Waals surface area contributed by atoms with E-state index < -0.39 is 0 Å². The fraction of sp³-hybridized carbons (Fsp3) is 0.500. The van der Waals surface area contributed by atoms with Crippen molar-refractivity contribution in [2.24, 2.45) is 0 Å². The summed E-state index contributed by atoms with van der Waals surface area (Å²) in [7, 11) is 4.09. The van der Waals surface area contributed by atoms with E-state index in [0.29, 0.717) is 11.6 Å². The highest BCUT2D eigenvalue weighted by Gasteiger charge is 2.35. The van der Waals surface area contributed by atoms with Crippen LogP contribution in [0.2, 0.25) is 0 Å². The van der Waals surface area contributed by atoms with Crippen LogP contribution in [0, 0.1) is 0 Å². The van der Waals surface area contributed by atoms with Crippen molar-refractivity contribution in [3.63, 3.8) is 0 Å². The molecule has 0 spiro atoms. The maximum Gasteiger partial charge on any atom is 0.254 e. The molecule has 1 saturated carbocycles. The number of nitrogens with zero attached hydrogens (tertiary/aromatic N) is 1. The number of carbonyl (C=O) groups excluding carboxylic acids is 1. The van der Waals surface area contributed by atoms with E-state index in [2.05, 4.69) is 13.6 Å². The summed E-state index contributed by atoms with van der Waals surface area (Å²) in [5, 5.41) is 9.36. The number of amides is 1. The van der Waals surface area contributed by atoms with E-state index in [1.807, 2.05) is 18.0 Å². The number of benzene rings is 1. The Kier molecular flexibility index (Phi) is 5.61. The molecule has 120 valence electrons. The Morgan fingerprint density at radius 2 is 2.00 bits per heavy atom. The number of rotatable bonds is 5. The number of phenols is 1. The number of phenolic OH excluding ortho intramolecular Hbond substituents is 1. The highest BCUT2D eigenvalue weighted by Crippen LogP contribution is 2.22. The van der Waals surface area contributed by atoms with Crippen LogP contribution >= 0.6 is 0 Å². The first-order chi connectivity index (χ1) is 10.5. The maximum atomic E-state index is 12.7. The van der Waals surface area contributed by atoms with Gasteiger partial charge in [-0.3, -0.25) is 4.79 Å². The first-order valence-electron chi connectivity index (χ1n) is 8.04. The lowest BCUT2D eigenvalue weighted by atomic mass is 9.88. The molecule has 1 amide bonds. The Labute approximate surface area is 133 Å². The molecule has 2 N–H and O–H groups in total. The average Bonchev–Trinajstić information content (AvgIpc) is 2.54. The molecule has 22 heavy (non-hydrogen) atoms. The van der Waals surface area contributed by atoms with Crippen LogP contribution in [0.5, 0.6) is 5.75 Å². The molecule has 4 heteroatoms. The Morgan fingerprint density at radius 3 is 2.64 bits per heavy atom. The van der Waals surface area contributed by atoms with Gasteiger partial charge < -0.3 is 14.9 Å². The quantitative estimate of drug-likeness (QED) is 0.809. The normalized spacial score (nSPS) is 22.8. The first-order valence-corrected chi connectivity index (χ1v) is 8.04. The zero-order chi connectivity index (χ0) is 16.1. The van der Waals surface area contributed by atoms with Gasteiger partial charge in [-0.25, -0.2) is 0 Å². The molecule has 0 aliphatic heterocycles. The van der Waals surface area contributed by atoms with Crippen molar-refractivity contribution in [2.45, 2.75) is 37.8 Å². The predicted molar refractivity (Wildman–Crippen MR) is 88.2 cm³/mol. The van der Waals surface area contributed by atoms with E-state index in [1.165, 1.54) is 17.7 Å². The summed E-state index contributed by atoms with van der Waals surface area (Å²) in [5.74, 6) is 0.216. The van der Waals surface area contributed by atoms with Gasteiger partial charge in [-0.15, -0.1) is 0 Å². The van der Waals surface area contributed by atoms with E-state index in [9.17, 15) is 9.90 Å². The van der Waals surface area contributed by atoms with Crippen molar-refractivity contribution in [3.05, 3.63) is 42.5 Å². The van der Waals surface area contributed by atoms with E-state index in [0.717, 1.165) is 19.4 Å². The molecule has 1 fully saturated rings. The third-order valence-electron chi connectivity index (χ3n) is 4.76. The standard InChI is InChI=1S/C18H26N2O2/c1-4-13-19(2)16-7-5-6-8-17(16)20(3)18(22)14-9-11-15(21)12-10-14/h4,9-12,16-17,21H,1,5-8,13H2,2-3H3/p+1. The maximum absolute atomic E-state index is 12.7. The van der Waals surface area contributed by atoms with Crippen LogP contribution < -0.4 is 4.90 Å². The molecule has 3 unspecified atom stereocenters. The Balaban J connectivity index is 2.14. The highest BCUT2D eigenvalue weighted by atomic mass is 16.3. The summed E-state index contributed by atoms with van der Waals surface area (Å²) in [6, 6.07) is 7.22. The summed E-state index contributed by atoms with van der Waals surface area (Å²) in [6.07, 6.45) is 6.56. The van der Waals surface area contributed by atoms with Gasteiger partial charge in [0.1, 0.15) is 11.8 Å². The van der Waals surface area contributed by atoms with Gasteiger partial charge in [0.25, 0.3) is 5.91 Å². The Hall–Kier alpha value is -1.81. The van der Waals surface area contributed by atoms with Crippen molar-refractivity contribution < 1.29 is 14.8 Å².